The number of aryl methyl sites for hydroxylation is 1. The monoisotopic (exact) mass is 197 g/mol. The Morgan fingerprint density at radius 2 is 2.08 bits per heavy atom. The van der Waals surface area contributed by atoms with E-state index in [1.807, 2.05) is 37.4 Å². The van der Waals surface area contributed by atoms with Gasteiger partial charge in [-0.1, -0.05) is 18.2 Å². The van der Waals surface area contributed by atoms with E-state index in [2.05, 4.69) is 17.6 Å². The number of hydrogen-bond acceptors (Lipinski definition) is 2. The van der Waals surface area contributed by atoms with Crippen molar-refractivity contribution in [1.82, 2.24) is 0 Å². The molecule has 0 radical (unpaired) electrons. The lowest BCUT2D eigenvalue weighted by molar-refractivity contribution is 1.41. The largest absolute Gasteiger partial charge is 0.235 e. The van der Waals surface area contributed by atoms with Crippen molar-refractivity contribution in [2.24, 2.45) is 4.99 Å². The molecule has 0 N–H and O–H groups in total. The van der Waals surface area contributed by atoms with E-state index in [0.29, 0.717) is 0 Å². The van der Waals surface area contributed by atoms with Gasteiger partial charge in [0.1, 0.15) is 4.38 Å². The predicted octanol–water partition coefficient (Wildman–Crippen LogP) is 3.28. The van der Waals surface area contributed by atoms with Gasteiger partial charge in [-0.2, -0.15) is 0 Å². The van der Waals surface area contributed by atoms with Gasteiger partial charge in [-0.15, -0.1) is 24.4 Å². The van der Waals surface area contributed by atoms with Gasteiger partial charge in [0, 0.05) is 0 Å². The fourth-order valence-electron chi connectivity index (χ4n) is 0.838. The van der Waals surface area contributed by atoms with Crippen molar-refractivity contribution in [3.63, 3.8) is 0 Å². The number of nitrogens with zero attached hydrogens (tertiary/aromatic N) is 1. The average Bonchev–Trinajstić information content (AvgIpc) is 2.09. The van der Waals surface area contributed by atoms with Crippen molar-refractivity contribution in [3.8, 4) is 0 Å². The number of hydrogen-bond donors (Lipinski definition) is 1. The molecule has 0 spiro atoms. The average molecular weight is 197 g/mol. The second kappa shape index (κ2) is 4.58. The van der Waals surface area contributed by atoms with E-state index in [4.69, 9.17) is 0 Å². The van der Waals surface area contributed by atoms with E-state index in [1.165, 1.54) is 5.56 Å². The fraction of sp³-hybridized carbons (Fsp3) is 0.222. The Bertz CT molecular complexity index is 294. The Morgan fingerprint density at radius 1 is 1.42 bits per heavy atom. The maximum Gasteiger partial charge on any atom is 0.127 e. The molecule has 64 valence electrons. The minimum atomic E-state index is 0.796. The van der Waals surface area contributed by atoms with Crippen LogP contribution in [-0.2, 0) is 0 Å². The number of rotatable bonds is 1. The van der Waals surface area contributed by atoms with E-state index in [-0.39, 0.29) is 0 Å². The van der Waals surface area contributed by atoms with E-state index in [9.17, 15) is 0 Å². The smallest absolute Gasteiger partial charge is 0.127 e. The van der Waals surface area contributed by atoms with Crippen molar-refractivity contribution in [3.05, 3.63) is 29.8 Å². The molecule has 0 aliphatic rings. The Balaban J connectivity index is 2.96. The standard InChI is InChI=1S/C9H11NS2/c1-7-5-3-4-6-8(7)10-9(11)12-2/h3-6H,1-2H3,(H,10,11). The molecule has 0 aliphatic carbocycles. The molecule has 0 saturated carbocycles. The highest BCUT2D eigenvalue weighted by molar-refractivity contribution is 8.32. The summed E-state index contributed by atoms with van der Waals surface area (Å²) in [5, 5.41) is 0. The second-order valence-electron chi connectivity index (χ2n) is 2.38. The Hall–Kier alpha value is -0.410. The highest BCUT2D eigenvalue weighted by Crippen LogP contribution is 2.19. The van der Waals surface area contributed by atoms with Gasteiger partial charge in [0.05, 0.1) is 5.69 Å². The normalized spacial score (nSPS) is 11.8. The lowest BCUT2D eigenvalue weighted by Crippen LogP contribution is -1.78. The first-order valence-electron chi connectivity index (χ1n) is 3.61. The molecule has 0 unspecified atom stereocenters. The summed E-state index contributed by atoms with van der Waals surface area (Å²) in [5.41, 5.74) is 2.18. The van der Waals surface area contributed by atoms with Crippen LogP contribution in [0.4, 0.5) is 5.69 Å². The van der Waals surface area contributed by atoms with Gasteiger partial charge in [0.2, 0.25) is 0 Å². The molecule has 1 nitrogen and oxygen atoms in total. The summed E-state index contributed by atoms with van der Waals surface area (Å²) in [7, 11) is 0. The van der Waals surface area contributed by atoms with E-state index < -0.39 is 0 Å². The van der Waals surface area contributed by atoms with E-state index >= 15 is 0 Å². The molecule has 0 aliphatic heterocycles. The molecular formula is C9H11NS2. The van der Waals surface area contributed by atoms with Gasteiger partial charge in [-0.05, 0) is 24.8 Å². The van der Waals surface area contributed by atoms with Crippen molar-refractivity contribution >= 4 is 34.5 Å². The fourth-order valence-corrected chi connectivity index (χ4v) is 1.13. The molecule has 0 fully saturated rings. The molecule has 0 aromatic heterocycles. The van der Waals surface area contributed by atoms with Crippen LogP contribution in [0.3, 0.4) is 0 Å². The summed E-state index contributed by atoms with van der Waals surface area (Å²) >= 11 is 5.74. The van der Waals surface area contributed by atoms with Crippen LogP contribution < -0.4 is 0 Å². The van der Waals surface area contributed by atoms with Gasteiger partial charge < -0.3 is 0 Å². The van der Waals surface area contributed by atoms with Gasteiger partial charge >= 0.3 is 0 Å². The van der Waals surface area contributed by atoms with Crippen molar-refractivity contribution in [2.45, 2.75) is 6.92 Å². The Kier molecular flexibility index (Phi) is 3.69. The maximum absolute atomic E-state index is 4.32. The summed E-state index contributed by atoms with van der Waals surface area (Å²) in [6.45, 7) is 2.04. The van der Waals surface area contributed by atoms with Crippen LogP contribution in [0.15, 0.2) is 29.3 Å². The van der Waals surface area contributed by atoms with E-state index in [1.54, 1.807) is 11.8 Å². The minimum Gasteiger partial charge on any atom is -0.235 e. The molecule has 0 amide bonds. The molecule has 0 heterocycles. The topological polar surface area (TPSA) is 12.4 Å². The lowest BCUT2D eigenvalue weighted by atomic mass is 10.2. The Labute approximate surface area is 82.7 Å². The van der Waals surface area contributed by atoms with Crippen LogP contribution in [0.5, 0.6) is 0 Å². The summed E-state index contributed by atoms with van der Waals surface area (Å²) in [4.78, 5) is 4.32. The first kappa shape index (κ1) is 9.68. The third kappa shape index (κ3) is 2.57. The molecule has 1 rings (SSSR count). The minimum absolute atomic E-state index is 0.796. The third-order valence-electron chi connectivity index (χ3n) is 1.51. The number of para-hydroxylation sites is 1. The summed E-state index contributed by atoms with van der Waals surface area (Å²) in [6.07, 6.45) is 1.96. The van der Waals surface area contributed by atoms with Crippen LogP contribution in [-0.4, -0.2) is 10.6 Å². The molecule has 0 atom stereocenters. The van der Waals surface area contributed by atoms with Gasteiger partial charge in [-0.25, -0.2) is 4.99 Å². The highest BCUT2D eigenvalue weighted by Gasteiger charge is 1.94. The first-order valence-corrected chi connectivity index (χ1v) is 5.28. The number of aliphatic imine (C=N–C) groups is 1. The highest BCUT2D eigenvalue weighted by atomic mass is 32.2. The van der Waals surface area contributed by atoms with Crippen molar-refractivity contribution < 1.29 is 0 Å². The van der Waals surface area contributed by atoms with Gasteiger partial charge in [0.15, 0.2) is 0 Å². The van der Waals surface area contributed by atoms with Crippen LogP contribution in [0, 0.1) is 6.92 Å². The molecule has 1 aromatic rings. The van der Waals surface area contributed by atoms with E-state index in [0.717, 1.165) is 10.1 Å². The zero-order chi connectivity index (χ0) is 8.97. The molecular weight excluding hydrogens is 186 g/mol. The lowest BCUT2D eigenvalue weighted by Gasteiger charge is -1.99. The summed E-state index contributed by atoms with van der Waals surface area (Å²) in [6, 6.07) is 8.01. The third-order valence-corrected chi connectivity index (χ3v) is 2.62. The number of thioether (sulfide) groups is 1. The molecule has 3 heteroatoms. The summed E-state index contributed by atoms with van der Waals surface area (Å²) in [5.74, 6) is 0. The van der Waals surface area contributed by atoms with Crippen LogP contribution in [0.25, 0.3) is 0 Å². The van der Waals surface area contributed by atoms with Gasteiger partial charge in [0.25, 0.3) is 0 Å². The van der Waals surface area contributed by atoms with Crippen LogP contribution in [0.1, 0.15) is 5.56 Å². The summed E-state index contributed by atoms with van der Waals surface area (Å²) < 4.78 is 0.796. The zero-order valence-corrected chi connectivity index (χ0v) is 8.82. The predicted molar refractivity (Wildman–Crippen MR) is 60.8 cm³/mol. The molecule has 1 aromatic carbocycles. The van der Waals surface area contributed by atoms with Crippen LogP contribution in [0.2, 0.25) is 0 Å². The molecule has 0 saturated heterocycles. The van der Waals surface area contributed by atoms with Gasteiger partial charge in [-0.3, -0.25) is 0 Å². The first-order chi connectivity index (χ1) is 5.74. The quantitative estimate of drug-likeness (QED) is 0.414. The Morgan fingerprint density at radius 3 is 2.67 bits per heavy atom. The van der Waals surface area contributed by atoms with Crippen LogP contribution >= 0.6 is 24.4 Å². The SMILES string of the molecule is CS/C(S)=N/c1ccccc1C. The maximum atomic E-state index is 4.32. The number of thiol groups is 1. The van der Waals surface area contributed by atoms with Crippen molar-refractivity contribution in [1.29, 1.82) is 0 Å². The second-order valence-corrected chi connectivity index (χ2v) is 3.91. The molecule has 12 heavy (non-hydrogen) atoms. The zero-order valence-electron chi connectivity index (χ0n) is 7.11. The van der Waals surface area contributed by atoms with Crippen molar-refractivity contribution in [2.75, 3.05) is 6.26 Å². The number of benzene rings is 1. The molecule has 0 bridgehead atoms.